The summed E-state index contributed by atoms with van der Waals surface area (Å²) in [5.41, 5.74) is -0.601. The van der Waals surface area contributed by atoms with Crippen LogP contribution in [0.5, 0.6) is 0 Å². The van der Waals surface area contributed by atoms with Gasteiger partial charge in [-0.05, 0) is 45.3 Å². The Morgan fingerprint density at radius 1 is 1.14 bits per heavy atom. The number of nitrogens with zero attached hydrogens (tertiary/aromatic N) is 1. The molecule has 1 fully saturated rings. The molecular formula is C16H31NO4Si. The Labute approximate surface area is 135 Å². The highest BCUT2D eigenvalue weighted by Crippen LogP contribution is 2.33. The van der Waals surface area contributed by atoms with Crippen molar-refractivity contribution in [2.45, 2.75) is 90.8 Å². The van der Waals surface area contributed by atoms with Crippen molar-refractivity contribution in [3.8, 4) is 0 Å². The second kappa shape index (κ2) is 7.13. The first-order valence-corrected chi connectivity index (χ1v) is 10.9. The Bertz CT molecular complexity index is 407. The van der Waals surface area contributed by atoms with E-state index in [4.69, 9.17) is 9.16 Å². The Hall–Kier alpha value is -0.883. The van der Waals surface area contributed by atoms with Gasteiger partial charge in [0.25, 0.3) is 5.91 Å². The molecular weight excluding hydrogens is 298 g/mol. The standard InChI is InChI=1S/C16H31NO4Si/c1-8-12-13(21-22(9-2,10-3)11-4)14(18)17(12)15(19)20-16(5,6)7/h12-13H,8-11H2,1-7H3/t12-,13+/m0/s1. The SMILES string of the molecule is CC[C@H]1[C@@H](O[Si](CC)(CC)CC)C(=O)N1C(=O)OC(C)(C)C. The fraction of sp³-hybridized carbons (Fsp3) is 0.875. The summed E-state index contributed by atoms with van der Waals surface area (Å²) < 4.78 is 11.6. The lowest BCUT2D eigenvalue weighted by atomic mass is 9.96. The molecule has 0 aromatic carbocycles. The van der Waals surface area contributed by atoms with Crippen LogP contribution in [0, 0.1) is 0 Å². The van der Waals surface area contributed by atoms with Gasteiger partial charge in [0.2, 0.25) is 0 Å². The zero-order valence-electron chi connectivity index (χ0n) is 15.1. The number of carbonyl (C=O) groups is 2. The van der Waals surface area contributed by atoms with Gasteiger partial charge in [0.15, 0.2) is 8.32 Å². The van der Waals surface area contributed by atoms with Crippen LogP contribution in [0.15, 0.2) is 0 Å². The molecule has 1 saturated heterocycles. The van der Waals surface area contributed by atoms with Crippen LogP contribution in [-0.4, -0.2) is 43.0 Å². The molecule has 22 heavy (non-hydrogen) atoms. The molecule has 5 nitrogen and oxygen atoms in total. The molecule has 2 amide bonds. The summed E-state index contributed by atoms with van der Waals surface area (Å²) in [6, 6.07) is 2.78. The minimum absolute atomic E-state index is 0.195. The fourth-order valence-corrected chi connectivity index (χ4v) is 5.65. The number of carbonyl (C=O) groups excluding carboxylic acids is 2. The summed E-state index contributed by atoms with van der Waals surface area (Å²) in [6.45, 7) is 13.8. The van der Waals surface area contributed by atoms with Gasteiger partial charge in [-0.3, -0.25) is 4.79 Å². The lowest BCUT2D eigenvalue weighted by Crippen LogP contribution is -2.69. The lowest BCUT2D eigenvalue weighted by Gasteiger charge is -2.48. The van der Waals surface area contributed by atoms with E-state index in [1.165, 1.54) is 4.90 Å². The van der Waals surface area contributed by atoms with Gasteiger partial charge in [0.1, 0.15) is 11.7 Å². The molecule has 1 rings (SSSR count). The maximum absolute atomic E-state index is 12.4. The minimum Gasteiger partial charge on any atom is -0.443 e. The van der Waals surface area contributed by atoms with Gasteiger partial charge in [-0.1, -0.05) is 27.7 Å². The number of imide groups is 1. The van der Waals surface area contributed by atoms with Crippen molar-refractivity contribution in [1.29, 1.82) is 0 Å². The lowest BCUT2D eigenvalue weighted by molar-refractivity contribution is -0.161. The molecule has 0 aromatic rings. The van der Waals surface area contributed by atoms with Gasteiger partial charge in [-0.25, -0.2) is 9.69 Å². The van der Waals surface area contributed by atoms with E-state index in [0.717, 1.165) is 18.1 Å². The third kappa shape index (κ3) is 3.90. The summed E-state index contributed by atoms with van der Waals surface area (Å²) in [7, 11) is -1.86. The molecule has 1 aliphatic rings. The Morgan fingerprint density at radius 2 is 1.64 bits per heavy atom. The topological polar surface area (TPSA) is 55.8 Å². The molecule has 0 N–H and O–H groups in total. The number of ether oxygens (including phenoxy) is 1. The van der Waals surface area contributed by atoms with Gasteiger partial charge in [0.05, 0.1) is 6.04 Å². The molecule has 0 radical (unpaired) electrons. The third-order valence-electron chi connectivity index (χ3n) is 4.48. The van der Waals surface area contributed by atoms with Crippen LogP contribution in [0.25, 0.3) is 0 Å². The average molecular weight is 330 g/mol. The van der Waals surface area contributed by atoms with E-state index in [1.54, 1.807) is 20.8 Å². The molecule has 0 aromatic heterocycles. The zero-order valence-corrected chi connectivity index (χ0v) is 16.1. The van der Waals surface area contributed by atoms with Crippen molar-refractivity contribution < 1.29 is 18.8 Å². The number of amides is 2. The second-order valence-electron chi connectivity index (χ2n) is 6.95. The summed E-state index contributed by atoms with van der Waals surface area (Å²) in [5.74, 6) is -0.242. The normalized spacial score (nSPS) is 22.5. The van der Waals surface area contributed by atoms with E-state index in [-0.39, 0.29) is 11.9 Å². The highest BCUT2D eigenvalue weighted by molar-refractivity contribution is 6.73. The Balaban J connectivity index is 2.82. The number of hydrogen-bond acceptors (Lipinski definition) is 4. The van der Waals surface area contributed by atoms with E-state index in [1.807, 2.05) is 6.92 Å². The van der Waals surface area contributed by atoms with Crippen molar-refractivity contribution in [3.05, 3.63) is 0 Å². The summed E-state index contributed by atoms with van der Waals surface area (Å²) >= 11 is 0. The van der Waals surface area contributed by atoms with Crippen LogP contribution in [0.1, 0.15) is 54.9 Å². The van der Waals surface area contributed by atoms with Gasteiger partial charge in [0, 0.05) is 0 Å². The predicted octanol–water partition coefficient (Wildman–Crippen LogP) is 3.93. The van der Waals surface area contributed by atoms with Crippen LogP contribution in [0.4, 0.5) is 4.79 Å². The second-order valence-corrected chi connectivity index (χ2v) is 11.7. The Kier molecular flexibility index (Phi) is 6.21. The first-order valence-electron chi connectivity index (χ1n) is 8.38. The van der Waals surface area contributed by atoms with Gasteiger partial charge >= 0.3 is 6.09 Å². The van der Waals surface area contributed by atoms with Crippen molar-refractivity contribution in [2.75, 3.05) is 0 Å². The molecule has 128 valence electrons. The fourth-order valence-electron chi connectivity index (χ4n) is 2.85. The molecule has 1 aliphatic heterocycles. The monoisotopic (exact) mass is 329 g/mol. The maximum Gasteiger partial charge on any atom is 0.417 e. The van der Waals surface area contributed by atoms with Crippen molar-refractivity contribution >= 4 is 20.3 Å². The summed E-state index contributed by atoms with van der Waals surface area (Å²) in [6.07, 6.45) is -0.331. The van der Waals surface area contributed by atoms with Gasteiger partial charge in [-0.2, -0.15) is 0 Å². The van der Waals surface area contributed by atoms with E-state index in [9.17, 15) is 9.59 Å². The molecule has 6 heteroatoms. The number of likely N-dealkylation sites (tertiary alicyclic amines) is 1. The maximum atomic E-state index is 12.4. The van der Waals surface area contributed by atoms with Crippen molar-refractivity contribution in [1.82, 2.24) is 4.90 Å². The van der Waals surface area contributed by atoms with Gasteiger partial charge in [-0.15, -0.1) is 0 Å². The smallest absolute Gasteiger partial charge is 0.417 e. The van der Waals surface area contributed by atoms with Crippen LogP contribution >= 0.6 is 0 Å². The van der Waals surface area contributed by atoms with Gasteiger partial charge < -0.3 is 9.16 Å². The quantitative estimate of drug-likeness (QED) is 0.547. The van der Waals surface area contributed by atoms with E-state index in [0.29, 0.717) is 6.42 Å². The predicted molar refractivity (Wildman–Crippen MR) is 89.2 cm³/mol. The van der Waals surface area contributed by atoms with Crippen LogP contribution in [0.2, 0.25) is 18.1 Å². The molecule has 0 unspecified atom stereocenters. The highest BCUT2D eigenvalue weighted by atomic mass is 28.4. The average Bonchev–Trinajstić information content (AvgIpc) is 2.44. The molecule has 0 aliphatic carbocycles. The summed E-state index contributed by atoms with van der Waals surface area (Å²) in [5, 5.41) is 0. The van der Waals surface area contributed by atoms with E-state index < -0.39 is 26.1 Å². The molecule has 2 atom stereocenters. The van der Waals surface area contributed by atoms with Crippen LogP contribution < -0.4 is 0 Å². The molecule has 0 bridgehead atoms. The summed E-state index contributed by atoms with van der Waals surface area (Å²) in [4.78, 5) is 25.8. The first kappa shape index (κ1) is 19.2. The number of β-lactam (4-membered cyclic amide) rings is 1. The Morgan fingerprint density at radius 3 is 2.00 bits per heavy atom. The minimum atomic E-state index is -1.86. The zero-order chi connectivity index (χ0) is 17.1. The van der Waals surface area contributed by atoms with Crippen molar-refractivity contribution in [2.24, 2.45) is 0 Å². The first-order chi connectivity index (χ1) is 10.1. The highest BCUT2D eigenvalue weighted by Gasteiger charge is 2.54. The van der Waals surface area contributed by atoms with E-state index >= 15 is 0 Å². The van der Waals surface area contributed by atoms with Crippen molar-refractivity contribution in [3.63, 3.8) is 0 Å². The number of hydrogen-bond donors (Lipinski definition) is 0. The number of rotatable bonds is 6. The molecule has 0 saturated carbocycles. The van der Waals surface area contributed by atoms with E-state index in [2.05, 4.69) is 20.8 Å². The van der Waals surface area contributed by atoms with Crippen LogP contribution in [0.3, 0.4) is 0 Å². The third-order valence-corrected chi connectivity index (χ3v) is 9.10. The van der Waals surface area contributed by atoms with Crippen LogP contribution in [-0.2, 0) is 14.0 Å². The largest absolute Gasteiger partial charge is 0.443 e. The molecule has 1 heterocycles. The molecule has 0 spiro atoms.